The predicted molar refractivity (Wildman–Crippen MR) is 61.7 cm³/mol. The van der Waals surface area contributed by atoms with Crippen LogP contribution in [-0.4, -0.2) is 30.2 Å². The number of carbonyl (C=O) groups is 2. The number of carbonyl (C=O) groups excluding carboxylic acids is 2. The van der Waals surface area contributed by atoms with E-state index in [0.29, 0.717) is 17.8 Å². The Hall–Kier alpha value is -2.08. The first-order valence-corrected chi connectivity index (χ1v) is 5.27. The van der Waals surface area contributed by atoms with Gasteiger partial charge < -0.3 is 21.1 Å². The average molecular weight is 235 g/mol. The van der Waals surface area contributed by atoms with Crippen molar-refractivity contribution in [3.63, 3.8) is 0 Å². The summed E-state index contributed by atoms with van der Waals surface area (Å²) in [5.41, 5.74) is 2.04. The molecule has 0 fully saturated rings. The van der Waals surface area contributed by atoms with Gasteiger partial charge in [0.2, 0.25) is 0 Å². The first-order valence-electron chi connectivity index (χ1n) is 5.27. The summed E-state index contributed by atoms with van der Waals surface area (Å²) >= 11 is 0. The normalized spacial score (nSPS) is 13.4. The van der Waals surface area contributed by atoms with Crippen LogP contribution in [0.25, 0.3) is 0 Å². The van der Waals surface area contributed by atoms with Crippen LogP contribution in [0.15, 0.2) is 18.2 Å². The van der Waals surface area contributed by atoms with E-state index in [1.54, 1.807) is 18.2 Å². The van der Waals surface area contributed by atoms with Crippen molar-refractivity contribution in [2.24, 2.45) is 0 Å². The number of amides is 3. The van der Waals surface area contributed by atoms with Crippen molar-refractivity contribution in [3.05, 3.63) is 29.3 Å². The smallest absolute Gasteiger partial charge is 0.319 e. The van der Waals surface area contributed by atoms with Crippen LogP contribution in [0.3, 0.4) is 0 Å². The molecule has 1 heterocycles. The van der Waals surface area contributed by atoms with Gasteiger partial charge >= 0.3 is 6.03 Å². The molecule has 0 radical (unpaired) electrons. The molecule has 2 rings (SSSR count). The molecule has 1 aliphatic rings. The lowest BCUT2D eigenvalue weighted by Gasteiger charge is -2.18. The SMILES string of the molecule is O=C1NCc2ccc(C(=O)NCCO)cc2N1. The van der Waals surface area contributed by atoms with Crippen molar-refractivity contribution in [1.29, 1.82) is 0 Å². The van der Waals surface area contributed by atoms with Crippen molar-refractivity contribution >= 4 is 17.6 Å². The van der Waals surface area contributed by atoms with Crippen LogP contribution in [0.2, 0.25) is 0 Å². The molecule has 1 aromatic carbocycles. The van der Waals surface area contributed by atoms with E-state index in [4.69, 9.17) is 5.11 Å². The molecule has 0 atom stereocenters. The number of fused-ring (bicyclic) bond motifs is 1. The fraction of sp³-hybridized carbons (Fsp3) is 0.273. The number of rotatable bonds is 3. The summed E-state index contributed by atoms with van der Waals surface area (Å²) in [5.74, 6) is -0.269. The number of aliphatic hydroxyl groups is 1. The third-order valence-corrected chi connectivity index (χ3v) is 2.46. The van der Waals surface area contributed by atoms with Gasteiger partial charge in [-0.3, -0.25) is 4.79 Å². The van der Waals surface area contributed by atoms with Gasteiger partial charge in [0.15, 0.2) is 0 Å². The van der Waals surface area contributed by atoms with E-state index >= 15 is 0 Å². The maximum atomic E-state index is 11.6. The number of hydrogen-bond donors (Lipinski definition) is 4. The standard InChI is InChI=1S/C11H13N3O3/c15-4-3-12-10(16)7-1-2-8-6-13-11(17)14-9(8)5-7/h1-2,5,15H,3-4,6H2,(H,12,16)(H2,13,14,17). The van der Waals surface area contributed by atoms with E-state index in [-0.39, 0.29) is 25.1 Å². The third-order valence-electron chi connectivity index (χ3n) is 2.46. The molecule has 17 heavy (non-hydrogen) atoms. The first-order chi connectivity index (χ1) is 8.20. The Morgan fingerprint density at radius 2 is 2.29 bits per heavy atom. The topological polar surface area (TPSA) is 90.5 Å². The number of anilines is 1. The van der Waals surface area contributed by atoms with Crippen molar-refractivity contribution in [2.45, 2.75) is 6.54 Å². The largest absolute Gasteiger partial charge is 0.395 e. The molecular formula is C11H13N3O3. The van der Waals surface area contributed by atoms with Crippen LogP contribution in [0, 0.1) is 0 Å². The van der Waals surface area contributed by atoms with Gasteiger partial charge in [0, 0.05) is 24.3 Å². The van der Waals surface area contributed by atoms with Crippen LogP contribution in [0.5, 0.6) is 0 Å². The molecule has 0 saturated heterocycles. The van der Waals surface area contributed by atoms with Crippen molar-refractivity contribution < 1.29 is 14.7 Å². The number of benzene rings is 1. The molecule has 0 saturated carbocycles. The zero-order valence-corrected chi connectivity index (χ0v) is 9.12. The molecule has 4 N–H and O–H groups in total. The van der Waals surface area contributed by atoms with Crippen molar-refractivity contribution in [2.75, 3.05) is 18.5 Å². The summed E-state index contributed by atoms with van der Waals surface area (Å²) in [6.45, 7) is 0.570. The molecule has 3 amide bonds. The van der Waals surface area contributed by atoms with Crippen LogP contribution < -0.4 is 16.0 Å². The Kier molecular flexibility index (Phi) is 3.24. The fourth-order valence-electron chi connectivity index (χ4n) is 1.60. The van der Waals surface area contributed by atoms with Gasteiger partial charge in [0.25, 0.3) is 5.91 Å². The second-order valence-electron chi connectivity index (χ2n) is 3.66. The van der Waals surface area contributed by atoms with Crippen LogP contribution >= 0.6 is 0 Å². The number of hydrogen-bond acceptors (Lipinski definition) is 3. The molecule has 0 aromatic heterocycles. The van der Waals surface area contributed by atoms with Gasteiger partial charge in [-0.1, -0.05) is 6.07 Å². The third kappa shape index (κ3) is 2.54. The molecule has 1 aromatic rings. The lowest BCUT2D eigenvalue weighted by atomic mass is 10.1. The van der Waals surface area contributed by atoms with E-state index in [9.17, 15) is 9.59 Å². The summed E-state index contributed by atoms with van der Waals surface area (Å²) in [5, 5.41) is 16.4. The fourth-order valence-corrected chi connectivity index (χ4v) is 1.60. The zero-order valence-electron chi connectivity index (χ0n) is 9.12. The summed E-state index contributed by atoms with van der Waals surface area (Å²) in [6, 6.07) is 4.83. The lowest BCUT2D eigenvalue weighted by Crippen LogP contribution is -2.33. The molecule has 0 unspecified atom stereocenters. The second-order valence-corrected chi connectivity index (χ2v) is 3.66. The minimum Gasteiger partial charge on any atom is -0.395 e. The summed E-state index contributed by atoms with van der Waals surface area (Å²) in [4.78, 5) is 22.7. The Morgan fingerprint density at radius 1 is 1.47 bits per heavy atom. The highest BCUT2D eigenvalue weighted by atomic mass is 16.3. The predicted octanol–water partition coefficient (Wildman–Crippen LogP) is 0.0438. The average Bonchev–Trinajstić information content (AvgIpc) is 2.35. The van der Waals surface area contributed by atoms with Gasteiger partial charge in [-0.2, -0.15) is 0 Å². The highest BCUT2D eigenvalue weighted by molar-refractivity contribution is 5.98. The minimum atomic E-state index is -0.273. The lowest BCUT2D eigenvalue weighted by molar-refractivity contribution is 0.0944. The zero-order chi connectivity index (χ0) is 12.3. The second kappa shape index (κ2) is 4.84. The van der Waals surface area contributed by atoms with Crippen LogP contribution in [0.1, 0.15) is 15.9 Å². The maximum Gasteiger partial charge on any atom is 0.319 e. The molecule has 6 heteroatoms. The maximum absolute atomic E-state index is 11.6. The molecule has 0 aliphatic carbocycles. The number of nitrogens with one attached hydrogen (secondary N) is 3. The van der Waals surface area contributed by atoms with E-state index in [0.717, 1.165) is 5.56 Å². The minimum absolute atomic E-state index is 0.0999. The molecule has 6 nitrogen and oxygen atoms in total. The van der Waals surface area contributed by atoms with Gasteiger partial charge in [-0.05, 0) is 17.7 Å². The Morgan fingerprint density at radius 3 is 3.06 bits per heavy atom. The van der Waals surface area contributed by atoms with E-state index in [1.165, 1.54) is 0 Å². The van der Waals surface area contributed by atoms with Gasteiger partial charge in [-0.25, -0.2) is 4.79 Å². The van der Waals surface area contributed by atoms with Crippen molar-refractivity contribution in [3.8, 4) is 0 Å². The number of aliphatic hydroxyl groups excluding tert-OH is 1. The Labute approximate surface area is 98.0 Å². The Balaban J connectivity index is 2.18. The van der Waals surface area contributed by atoms with Gasteiger partial charge in [-0.15, -0.1) is 0 Å². The summed E-state index contributed by atoms with van der Waals surface area (Å²) in [6.07, 6.45) is 0. The van der Waals surface area contributed by atoms with Crippen molar-refractivity contribution in [1.82, 2.24) is 10.6 Å². The van der Waals surface area contributed by atoms with E-state index < -0.39 is 0 Å². The molecule has 0 spiro atoms. The van der Waals surface area contributed by atoms with Crippen LogP contribution in [0.4, 0.5) is 10.5 Å². The van der Waals surface area contributed by atoms with E-state index in [2.05, 4.69) is 16.0 Å². The molecule has 1 aliphatic heterocycles. The van der Waals surface area contributed by atoms with E-state index in [1.807, 2.05) is 0 Å². The monoisotopic (exact) mass is 235 g/mol. The highest BCUT2D eigenvalue weighted by Crippen LogP contribution is 2.20. The number of urea groups is 1. The first kappa shape index (κ1) is 11.4. The Bertz CT molecular complexity index is 459. The van der Waals surface area contributed by atoms with Gasteiger partial charge in [0.1, 0.15) is 0 Å². The highest BCUT2D eigenvalue weighted by Gasteiger charge is 2.15. The molecule has 90 valence electrons. The summed E-state index contributed by atoms with van der Waals surface area (Å²) in [7, 11) is 0. The molecular weight excluding hydrogens is 222 g/mol. The molecule has 0 bridgehead atoms. The quantitative estimate of drug-likeness (QED) is 0.596. The van der Waals surface area contributed by atoms with Gasteiger partial charge in [0.05, 0.1) is 6.61 Å². The summed E-state index contributed by atoms with van der Waals surface area (Å²) < 4.78 is 0. The van der Waals surface area contributed by atoms with Crippen LogP contribution in [-0.2, 0) is 6.54 Å².